The molecule has 2 amide bonds. The predicted octanol–water partition coefficient (Wildman–Crippen LogP) is 4.04. The fourth-order valence-corrected chi connectivity index (χ4v) is 3.50. The average Bonchev–Trinajstić information content (AvgIpc) is 2.73. The highest BCUT2D eigenvalue weighted by Gasteiger charge is 2.21. The van der Waals surface area contributed by atoms with Crippen molar-refractivity contribution >= 4 is 29.1 Å². The SMILES string of the molecule is CN1CCN(C(=O)c2ccc(Cl)c(NC(=O)COc3ccc(C(C)(C)C)cc3)c2)CC1. The summed E-state index contributed by atoms with van der Waals surface area (Å²) in [7, 11) is 2.04. The molecule has 1 saturated heterocycles. The lowest BCUT2D eigenvalue weighted by Crippen LogP contribution is -2.47. The van der Waals surface area contributed by atoms with Gasteiger partial charge in [0, 0.05) is 31.7 Å². The van der Waals surface area contributed by atoms with Gasteiger partial charge in [-0.25, -0.2) is 0 Å². The first kappa shape index (κ1) is 23.1. The molecule has 1 N–H and O–H groups in total. The summed E-state index contributed by atoms with van der Waals surface area (Å²) in [6, 6.07) is 12.7. The van der Waals surface area contributed by atoms with Crippen LogP contribution < -0.4 is 10.1 Å². The van der Waals surface area contributed by atoms with E-state index in [-0.39, 0.29) is 23.8 Å². The van der Waals surface area contributed by atoms with Gasteiger partial charge in [0.1, 0.15) is 5.75 Å². The summed E-state index contributed by atoms with van der Waals surface area (Å²) in [5, 5.41) is 3.12. The number of anilines is 1. The third kappa shape index (κ3) is 6.21. The normalized spacial score (nSPS) is 14.9. The molecule has 0 atom stereocenters. The maximum absolute atomic E-state index is 12.8. The molecule has 166 valence electrons. The Morgan fingerprint density at radius 3 is 2.29 bits per heavy atom. The summed E-state index contributed by atoms with van der Waals surface area (Å²) in [6.07, 6.45) is 0. The van der Waals surface area contributed by atoms with Crippen molar-refractivity contribution in [3.05, 3.63) is 58.6 Å². The number of carbonyl (C=O) groups is 2. The standard InChI is InChI=1S/C24H30ClN3O3/c1-24(2,3)18-6-8-19(9-7-18)31-16-22(29)26-21-15-17(5-10-20(21)25)23(30)28-13-11-27(4)12-14-28/h5-10,15H,11-14,16H2,1-4H3,(H,26,29). The molecule has 0 aliphatic carbocycles. The molecule has 0 unspecified atom stereocenters. The average molecular weight is 444 g/mol. The second kappa shape index (κ2) is 9.71. The molecular weight excluding hydrogens is 414 g/mol. The second-order valence-corrected chi connectivity index (χ2v) is 9.31. The second-order valence-electron chi connectivity index (χ2n) is 8.90. The fourth-order valence-electron chi connectivity index (χ4n) is 3.33. The fraction of sp³-hybridized carbons (Fsp3) is 0.417. The molecule has 0 spiro atoms. The minimum atomic E-state index is -0.342. The molecule has 1 heterocycles. The molecule has 0 aromatic heterocycles. The lowest BCUT2D eigenvalue weighted by Gasteiger charge is -2.32. The van der Waals surface area contributed by atoms with Crippen molar-refractivity contribution in [3.63, 3.8) is 0 Å². The van der Waals surface area contributed by atoms with E-state index >= 15 is 0 Å². The quantitative estimate of drug-likeness (QED) is 0.757. The molecule has 7 heteroatoms. The third-order valence-corrected chi connectivity index (χ3v) is 5.70. The Hall–Kier alpha value is -2.57. The zero-order valence-corrected chi connectivity index (χ0v) is 19.3. The number of nitrogens with one attached hydrogen (secondary N) is 1. The van der Waals surface area contributed by atoms with Crippen molar-refractivity contribution < 1.29 is 14.3 Å². The smallest absolute Gasteiger partial charge is 0.262 e. The topological polar surface area (TPSA) is 61.9 Å². The van der Waals surface area contributed by atoms with Gasteiger partial charge in [-0.05, 0) is 48.4 Å². The Bertz CT molecular complexity index is 930. The van der Waals surface area contributed by atoms with Gasteiger partial charge in [0.2, 0.25) is 0 Å². The van der Waals surface area contributed by atoms with Crippen LogP contribution in [0, 0.1) is 0 Å². The number of likely N-dealkylation sites (N-methyl/N-ethyl adjacent to an activating group) is 1. The van der Waals surface area contributed by atoms with Gasteiger partial charge in [-0.2, -0.15) is 0 Å². The van der Waals surface area contributed by atoms with E-state index < -0.39 is 0 Å². The van der Waals surface area contributed by atoms with E-state index in [0.717, 1.165) is 13.1 Å². The van der Waals surface area contributed by atoms with E-state index in [1.165, 1.54) is 5.56 Å². The monoisotopic (exact) mass is 443 g/mol. The molecule has 1 fully saturated rings. The van der Waals surface area contributed by atoms with E-state index in [9.17, 15) is 9.59 Å². The highest BCUT2D eigenvalue weighted by atomic mass is 35.5. The number of amides is 2. The van der Waals surface area contributed by atoms with Crippen LogP contribution in [0.2, 0.25) is 5.02 Å². The number of nitrogens with zero attached hydrogens (tertiary/aromatic N) is 2. The molecular formula is C24H30ClN3O3. The molecule has 2 aromatic carbocycles. The summed E-state index contributed by atoms with van der Waals surface area (Å²) in [5.74, 6) is 0.217. The van der Waals surface area contributed by atoms with Crippen LogP contribution in [-0.2, 0) is 10.2 Å². The van der Waals surface area contributed by atoms with Crippen LogP contribution in [-0.4, -0.2) is 61.4 Å². The first-order valence-corrected chi connectivity index (χ1v) is 10.8. The van der Waals surface area contributed by atoms with Gasteiger partial charge < -0.3 is 19.9 Å². The van der Waals surface area contributed by atoms with Gasteiger partial charge in [0.15, 0.2) is 6.61 Å². The van der Waals surface area contributed by atoms with Crippen LogP contribution in [0.5, 0.6) is 5.75 Å². The van der Waals surface area contributed by atoms with Crippen LogP contribution in [0.4, 0.5) is 5.69 Å². The molecule has 3 rings (SSSR count). The summed E-state index contributed by atoms with van der Waals surface area (Å²) in [4.78, 5) is 29.2. The zero-order chi connectivity index (χ0) is 22.6. The van der Waals surface area contributed by atoms with Gasteiger partial charge >= 0.3 is 0 Å². The molecule has 0 saturated carbocycles. The highest BCUT2D eigenvalue weighted by Crippen LogP contribution is 2.25. The first-order chi connectivity index (χ1) is 14.6. The van der Waals surface area contributed by atoms with Crippen molar-refractivity contribution in [1.82, 2.24) is 9.80 Å². The predicted molar refractivity (Wildman–Crippen MR) is 124 cm³/mol. The Kier molecular flexibility index (Phi) is 7.23. The number of piperazine rings is 1. The molecule has 6 nitrogen and oxygen atoms in total. The van der Waals surface area contributed by atoms with Gasteiger partial charge in [0.25, 0.3) is 11.8 Å². The van der Waals surface area contributed by atoms with Gasteiger partial charge in [-0.3, -0.25) is 9.59 Å². The maximum atomic E-state index is 12.8. The van der Waals surface area contributed by atoms with E-state index in [4.69, 9.17) is 16.3 Å². The lowest BCUT2D eigenvalue weighted by atomic mass is 9.87. The van der Waals surface area contributed by atoms with Crippen LogP contribution in [0.15, 0.2) is 42.5 Å². The first-order valence-electron chi connectivity index (χ1n) is 10.4. The summed E-state index contributed by atoms with van der Waals surface area (Å²) < 4.78 is 5.60. The van der Waals surface area contributed by atoms with Crippen LogP contribution in [0.1, 0.15) is 36.7 Å². The number of hydrogen-bond donors (Lipinski definition) is 1. The molecule has 2 aromatic rings. The van der Waals surface area contributed by atoms with E-state index in [0.29, 0.717) is 35.1 Å². The minimum Gasteiger partial charge on any atom is -0.484 e. The Morgan fingerprint density at radius 1 is 1.03 bits per heavy atom. The largest absolute Gasteiger partial charge is 0.484 e. The van der Waals surface area contributed by atoms with Crippen molar-refractivity contribution in [3.8, 4) is 5.75 Å². The van der Waals surface area contributed by atoms with Crippen molar-refractivity contribution in [2.45, 2.75) is 26.2 Å². The van der Waals surface area contributed by atoms with E-state index in [1.54, 1.807) is 18.2 Å². The van der Waals surface area contributed by atoms with Crippen LogP contribution >= 0.6 is 11.6 Å². The zero-order valence-electron chi connectivity index (χ0n) is 18.6. The molecule has 31 heavy (non-hydrogen) atoms. The summed E-state index contributed by atoms with van der Waals surface area (Å²) in [5.41, 5.74) is 2.15. The van der Waals surface area contributed by atoms with E-state index in [1.807, 2.05) is 36.2 Å². The van der Waals surface area contributed by atoms with E-state index in [2.05, 4.69) is 31.0 Å². The van der Waals surface area contributed by atoms with Gasteiger partial charge in [-0.15, -0.1) is 0 Å². The van der Waals surface area contributed by atoms with Gasteiger partial charge in [-0.1, -0.05) is 44.5 Å². The molecule has 0 radical (unpaired) electrons. The Morgan fingerprint density at radius 2 is 1.68 bits per heavy atom. The highest BCUT2D eigenvalue weighted by molar-refractivity contribution is 6.33. The third-order valence-electron chi connectivity index (χ3n) is 5.37. The summed E-state index contributed by atoms with van der Waals surface area (Å²) >= 11 is 6.24. The maximum Gasteiger partial charge on any atom is 0.262 e. The van der Waals surface area contributed by atoms with Crippen LogP contribution in [0.3, 0.4) is 0 Å². The number of rotatable bonds is 5. The lowest BCUT2D eigenvalue weighted by molar-refractivity contribution is -0.118. The van der Waals surface area contributed by atoms with Gasteiger partial charge in [0.05, 0.1) is 10.7 Å². The van der Waals surface area contributed by atoms with Crippen molar-refractivity contribution in [2.75, 3.05) is 45.2 Å². The number of benzene rings is 2. The van der Waals surface area contributed by atoms with Crippen molar-refractivity contribution in [1.29, 1.82) is 0 Å². The number of hydrogen-bond acceptors (Lipinski definition) is 4. The van der Waals surface area contributed by atoms with Crippen LogP contribution in [0.25, 0.3) is 0 Å². The summed E-state index contributed by atoms with van der Waals surface area (Å²) in [6.45, 7) is 9.33. The molecule has 1 aliphatic heterocycles. The van der Waals surface area contributed by atoms with Crippen molar-refractivity contribution in [2.24, 2.45) is 0 Å². The number of halogens is 1. The molecule has 1 aliphatic rings. The number of carbonyl (C=O) groups excluding carboxylic acids is 2. The number of ether oxygens (including phenoxy) is 1. The molecule has 0 bridgehead atoms. The Labute approximate surface area is 189 Å². The minimum absolute atomic E-state index is 0.0548. The Balaban J connectivity index is 1.59.